The smallest absolute Gasteiger partial charge is 0.241 e. The van der Waals surface area contributed by atoms with E-state index in [1.54, 1.807) is 72.8 Å². The Morgan fingerprint density at radius 1 is 0.829 bits per heavy atom. The number of hydrogen-bond acceptors (Lipinski definition) is 6. The molecule has 2 fully saturated rings. The fraction of sp³-hybridized carbons (Fsp3) is 0.185. The van der Waals surface area contributed by atoms with E-state index in [0.29, 0.717) is 11.3 Å². The van der Waals surface area contributed by atoms with Crippen molar-refractivity contribution in [3.63, 3.8) is 0 Å². The number of nitrogens with zero attached hydrogens (tertiary/aromatic N) is 1. The number of ether oxygens (including phenoxy) is 2. The zero-order chi connectivity index (χ0) is 24.5. The van der Waals surface area contributed by atoms with Gasteiger partial charge in [0, 0.05) is 15.6 Å². The van der Waals surface area contributed by atoms with Gasteiger partial charge in [0.1, 0.15) is 5.75 Å². The fourth-order valence-electron chi connectivity index (χ4n) is 5.52. The second kappa shape index (κ2) is 7.69. The third-order valence-electron chi connectivity index (χ3n) is 7.04. The van der Waals surface area contributed by atoms with Crippen molar-refractivity contribution in [2.75, 3.05) is 12.0 Å². The first-order valence-electron chi connectivity index (χ1n) is 11.0. The molecular weight excluding hydrogens is 514 g/mol. The first-order chi connectivity index (χ1) is 16.9. The van der Waals surface area contributed by atoms with Gasteiger partial charge >= 0.3 is 0 Å². The topological polar surface area (TPSA) is 90.0 Å². The number of amides is 2. The van der Waals surface area contributed by atoms with Crippen molar-refractivity contribution in [3.05, 3.63) is 94.0 Å². The molecule has 8 heteroatoms. The Balaban J connectivity index is 1.55. The van der Waals surface area contributed by atoms with Crippen LogP contribution < -0.4 is 9.64 Å². The molecule has 1 spiro atoms. The average molecular weight is 532 g/mol. The van der Waals surface area contributed by atoms with Crippen LogP contribution in [0.4, 0.5) is 5.69 Å². The molecule has 3 atom stereocenters. The van der Waals surface area contributed by atoms with Gasteiger partial charge in [0.25, 0.3) is 0 Å². The third-order valence-corrected chi connectivity index (χ3v) is 7.57. The number of Topliss-reactive ketones (excluding diaryl/α,β-unsaturated/α-hetero) is 2. The number of imide groups is 1. The molecule has 0 unspecified atom stereocenters. The highest BCUT2D eigenvalue weighted by Gasteiger charge is 2.74. The maximum absolute atomic E-state index is 14.0. The first-order valence-corrected chi connectivity index (χ1v) is 11.8. The molecule has 3 aromatic carbocycles. The summed E-state index contributed by atoms with van der Waals surface area (Å²) in [5, 5.41) is 0. The molecular formula is C27H18BrNO6. The number of fused-ring (bicyclic) bond motifs is 3. The molecule has 2 heterocycles. The Bertz CT molecular complexity index is 1400. The van der Waals surface area contributed by atoms with Crippen LogP contribution in [0, 0.1) is 11.8 Å². The van der Waals surface area contributed by atoms with Crippen LogP contribution in [-0.2, 0) is 14.3 Å². The molecule has 0 radical (unpaired) electrons. The predicted octanol–water partition coefficient (Wildman–Crippen LogP) is 4.15. The van der Waals surface area contributed by atoms with E-state index in [2.05, 4.69) is 15.9 Å². The quantitative estimate of drug-likeness (QED) is 0.372. The van der Waals surface area contributed by atoms with Gasteiger partial charge < -0.3 is 9.47 Å². The lowest BCUT2D eigenvalue weighted by molar-refractivity contribution is -0.127. The summed E-state index contributed by atoms with van der Waals surface area (Å²) in [6, 6.07) is 20.2. The monoisotopic (exact) mass is 531 g/mol. The number of rotatable bonds is 3. The van der Waals surface area contributed by atoms with Crippen LogP contribution in [0.5, 0.6) is 5.75 Å². The lowest BCUT2D eigenvalue weighted by atomic mass is 9.77. The molecule has 1 aliphatic carbocycles. The Kier molecular flexibility index (Phi) is 4.81. The van der Waals surface area contributed by atoms with Crippen molar-refractivity contribution in [2.45, 2.75) is 11.7 Å². The van der Waals surface area contributed by atoms with Crippen molar-refractivity contribution in [2.24, 2.45) is 11.8 Å². The number of carbonyl (C=O) groups is 4. The highest BCUT2D eigenvalue weighted by molar-refractivity contribution is 9.10. The lowest BCUT2D eigenvalue weighted by Gasteiger charge is -2.27. The summed E-state index contributed by atoms with van der Waals surface area (Å²) < 4.78 is 12.5. The molecule has 3 aliphatic rings. The Morgan fingerprint density at radius 3 is 2.06 bits per heavy atom. The minimum absolute atomic E-state index is 0.198. The Morgan fingerprint density at radius 2 is 1.43 bits per heavy atom. The minimum Gasteiger partial charge on any atom is -0.495 e. The molecule has 2 aliphatic heterocycles. The summed E-state index contributed by atoms with van der Waals surface area (Å²) >= 11 is 3.39. The molecule has 3 aromatic rings. The normalized spacial score (nSPS) is 24.3. The first kappa shape index (κ1) is 21.9. The number of benzene rings is 3. The van der Waals surface area contributed by atoms with Gasteiger partial charge in [-0.25, -0.2) is 4.90 Å². The summed E-state index contributed by atoms with van der Waals surface area (Å²) in [5.41, 5.74) is -0.846. The molecule has 0 bridgehead atoms. The standard InChI is InChI=1S/C27H18BrNO6/c1-34-19-9-5-4-8-18(19)29-25(32)20-21(26(29)33)27(35-22(20)14-10-12-15(28)13-11-14)23(30)16-6-2-3-7-17(16)24(27)31/h2-13,20-22H,1H3/t20-,21+,22+/m1/s1. The second-order valence-corrected chi connectivity index (χ2v) is 9.63. The van der Waals surface area contributed by atoms with Crippen molar-refractivity contribution in [1.29, 1.82) is 0 Å². The average Bonchev–Trinajstić information content (AvgIpc) is 3.44. The summed E-state index contributed by atoms with van der Waals surface area (Å²) in [6.07, 6.45) is -0.966. The third kappa shape index (κ3) is 2.81. The van der Waals surface area contributed by atoms with Gasteiger partial charge in [-0.15, -0.1) is 0 Å². The van der Waals surface area contributed by atoms with Crippen molar-refractivity contribution in [3.8, 4) is 5.75 Å². The Labute approximate surface area is 208 Å². The number of ketones is 2. The zero-order valence-corrected chi connectivity index (χ0v) is 20.0. The maximum Gasteiger partial charge on any atom is 0.241 e. The highest BCUT2D eigenvalue weighted by Crippen LogP contribution is 2.58. The van der Waals surface area contributed by atoms with Crippen LogP contribution in [0.2, 0.25) is 0 Å². The number of methoxy groups -OCH3 is 1. The van der Waals surface area contributed by atoms with Gasteiger partial charge in [-0.1, -0.05) is 64.5 Å². The van der Waals surface area contributed by atoms with E-state index < -0.39 is 46.9 Å². The largest absolute Gasteiger partial charge is 0.495 e. The van der Waals surface area contributed by atoms with E-state index in [0.717, 1.165) is 9.37 Å². The van der Waals surface area contributed by atoms with Gasteiger partial charge in [-0.3, -0.25) is 19.2 Å². The number of halogens is 1. The van der Waals surface area contributed by atoms with E-state index in [9.17, 15) is 19.2 Å². The van der Waals surface area contributed by atoms with Crippen molar-refractivity contribution >= 4 is 45.0 Å². The summed E-state index contributed by atoms with van der Waals surface area (Å²) in [6.45, 7) is 0. The molecule has 7 nitrogen and oxygen atoms in total. The Hall–Kier alpha value is -3.62. The number of carbonyl (C=O) groups excluding carboxylic acids is 4. The maximum atomic E-state index is 14.0. The number of para-hydroxylation sites is 2. The molecule has 35 heavy (non-hydrogen) atoms. The lowest BCUT2D eigenvalue weighted by Crippen LogP contribution is -2.51. The van der Waals surface area contributed by atoms with Crippen LogP contribution >= 0.6 is 15.9 Å². The summed E-state index contributed by atoms with van der Waals surface area (Å²) in [5.74, 6) is -4.40. The van der Waals surface area contributed by atoms with E-state index in [4.69, 9.17) is 9.47 Å². The summed E-state index contributed by atoms with van der Waals surface area (Å²) in [4.78, 5) is 56.4. The van der Waals surface area contributed by atoms with Gasteiger partial charge in [0.05, 0.1) is 30.7 Å². The van der Waals surface area contributed by atoms with Gasteiger partial charge in [-0.2, -0.15) is 0 Å². The zero-order valence-electron chi connectivity index (χ0n) is 18.4. The second-order valence-electron chi connectivity index (χ2n) is 8.72. The van der Waals surface area contributed by atoms with Crippen LogP contribution in [0.1, 0.15) is 32.4 Å². The SMILES string of the molecule is COc1ccccc1N1C(=O)[C@@H]2[C@@H](C1=O)C1(O[C@H]2c2ccc(Br)cc2)C(=O)c2ccccc2C1=O. The summed E-state index contributed by atoms with van der Waals surface area (Å²) in [7, 11) is 1.45. The van der Waals surface area contributed by atoms with E-state index in [1.807, 2.05) is 0 Å². The van der Waals surface area contributed by atoms with E-state index >= 15 is 0 Å². The number of hydrogen-bond donors (Lipinski definition) is 0. The van der Waals surface area contributed by atoms with E-state index in [-0.39, 0.29) is 16.8 Å². The van der Waals surface area contributed by atoms with Gasteiger partial charge in [0.2, 0.25) is 29.0 Å². The molecule has 174 valence electrons. The molecule has 2 amide bonds. The highest BCUT2D eigenvalue weighted by atomic mass is 79.9. The molecule has 0 aromatic heterocycles. The predicted molar refractivity (Wildman–Crippen MR) is 128 cm³/mol. The van der Waals surface area contributed by atoms with Crippen LogP contribution in [0.3, 0.4) is 0 Å². The fourth-order valence-corrected chi connectivity index (χ4v) is 5.79. The molecule has 6 rings (SSSR count). The van der Waals surface area contributed by atoms with Crippen LogP contribution in [-0.4, -0.2) is 36.1 Å². The van der Waals surface area contributed by atoms with Crippen LogP contribution in [0.15, 0.2) is 77.3 Å². The number of anilines is 1. The van der Waals surface area contributed by atoms with Crippen LogP contribution in [0.25, 0.3) is 0 Å². The molecule has 0 N–H and O–H groups in total. The van der Waals surface area contributed by atoms with Gasteiger partial charge in [0.15, 0.2) is 0 Å². The molecule has 0 saturated carbocycles. The van der Waals surface area contributed by atoms with Gasteiger partial charge in [-0.05, 0) is 29.8 Å². The van der Waals surface area contributed by atoms with Crippen molar-refractivity contribution < 1.29 is 28.7 Å². The van der Waals surface area contributed by atoms with Crippen molar-refractivity contribution in [1.82, 2.24) is 0 Å². The van der Waals surface area contributed by atoms with E-state index in [1.165, 1.54) is 7.11 Å². The molecule has 2 saturated heterocycles. The minimum atomic E-state index is -2.10.